The van der Waals surface area contributed by atoms with Crippen LogP contribution in [-0.2, 0) is 6.42 Å². The molecule has 0 aliphatic rings. The van der Waals surface area contributed by atoms with E-state index in [4.69, 9.17) is 26.0 Å². The van der Waals surface area contributed by atoms with Crippen LogP contribution in [0.15, 0.2) is 41.1 Å². The van der Waals surface area contributed by atoms with Gasteiger partial charge in [-0.3, -0.25) is 5.10 Å². The van der Waals surface area contributed by atoms with Crippen molar-refractivity contribution in [3.8, 4) is 23.0 Å². The van der Waals surface area contributed by atoms with Gasteiger partial charge < -0.3 is 4.42 Å². The molecular weight excluding hydrogens is 386 g/mol. The van der Waals surface area contributed by atoms with Gasteiger partial charge in [-0.05, 0) is 42.0 Å². The predicted octanol–water partition coefficient (Wildman–Crippen LogP) is 5.94. The highest BCUT2D eigenvalue weighted by Gasteiger charge is 2.25. The molecule has 1 N–H and O–H groups in total. The molecule has 0 aromatic carbocycles. The van der Waals surface area contributed by atoms with E-state index in [2.05, 4.69) is 42.9 Å². The minimum atomic E-state index is 0.183. The van der Waals surface area contributed by atoms with Crippen molar-refractivity contribution in [1.29, 1.82) is 0 Å². The summed E-state index contributed by atoms with van der Waals surface area (Å²) in [6, 6.07) is 7.60. The molecule has 0 fully saturated rings. The molecule has 4 aromatic rings. The molecule has 0 saturated heterocycles. The molecule has 0 spiro atoms. The quantitative estimate of drug-likeness (QED) is 0.441. The van der Waals surface area contributed by atoms with Crippen molar-refractivity contribution >= 4 is 22.6 Å². The summed E-state index contributed by atoms with van der Waals surface area (Å²) >= 11 is 6.16. The first-order chi connectivity index (χ1) is 13.8. The summed E-state index contributed by atoms with van der Waals surface area (Å²) in [6.45, 7) is 9.04. The summed E-state index contributed by atoms with van der Waals surface area (Å²) in [7, 11) is 0. The first kappa shape index (κ1) is 19.6. The summed E-state index contributed by atoms with van der Waals surface area (Å²) in [5.74, 6) is 1.76. The molecule has 4 heterocycles. The summed E-state index contributed by atoms with van der Waals surface area (Å²) in [5.41, 5.74) is 3.19. The number of aromatic amines is 1. The smallest absolute Gasteiger partial charge is 0.181 e. The molecule has 4 aromatic heterocycles. The van der Waals surface area contributed by atoms with Crippen LogP contribution in [0.4, 0.5) is 0 Å². The van der Waals surface area contributed by atoms with E-state index in [0.29, 0.717) is 33.9 Å². The summed E-state index contributed by atoms with van der Waals surface area (Å²) < 4.78 is 5.60. The van der Waals surface area contributed by atoms with Crippen molar-refractivity contribution in [2.24, 2.45) is 11.3 Å². The SMILES string of the molecule is CC[C@@H](Cc1cc(-c2ccco2)nc(-c2[nH]nc3ncc(Cl)cc23)n1)C(C)(C)C. The monoisotopic (exact) mass is 409 g/mol. The Hall–Kier alpha value is -2.73. The van der Waals surface area contributed by atoms with E-state index in [0.717, 1.165) is 29.6 Å². The molecule has 6 nitrogen and oxygen atoms in total. The topological polar surface area (TPSA) is 80.5 Å². The van der Waals surface area contributed by atoms with Crippen molar-refractivity contribution in [2.75, 3.05) is 0 Å². The minimum Gasteiger partial charge on any atom is -0.463 e. The Kier molecular flexibility index (Phi) is 5.13. The number of pyridine rings is 1. The highest BCUT2D eigenvalue weighted by atomic mass is 35.5. The third kappa shape index (κ3) is 4.03. The second-order valence-corrected chi connectivity index (χ2v) is 8.78. The largest absolute Gasteiger partial charge is 0.463 e. The Morgan fingerprint density at radius 2 is 2.03 bits per heavy atom. The number of nitrogens with zero attached hydrogens (tertiary/aromatic N) is 4. The van der Waals surface area contributed by atoms with Crippen LogP contribution in [0.25, 0.3) is 34.0 Å². The van der Waals surface area contributed by atoms with E-state index in [1.165, 1.54) is 0 Å². The van der Waals surface area contributed by atoms with E-state index >= 15 is 0 Å². The molecule has 29 heavy (non-hydrogen) atoms. The third-order valence-electron chi connectivity index (χ3n) is 5.33. The zero-order chi connectivity index (χ0) is 20.6. The Bertz CT molecular complexity index is 1130. The van der Waals surface area contributed by atoms with Crippen LogP contribution < -0.4 is 0 Å². The lowest BCUT2D eigenvalue weighted by Gasteiger charge is -2.29. The van der Waals surface area contributed by atoms with Gasteiger partial charge in [0.25, 0.3) is 0 Å². The normalized spacial score (nSPS) is 13.1. The number of hydrogen-bond acceptors (Lipinski definition) is 5. The highest BCUT2D eigenvalue weighted by molar-refractivity contribution is 6.31. The minimum absolute atomic E-state index is 0.183. The van der Waals surface area contributed by atoms with Crippen molar-refractivity contribution in [2.45, 2.75) is 40.5 Å². The molecule has 0 aliphatic heterocycles. The molecular formula is C22H24ClN5O. The molecule has 0 radical (unpaired) electrons. The fourth-order valence-corrected chi connectivity index (χ4v) is 3.78. The molecule has 0 bridgehead atoms. The van der Waals surface area contributed by atoms with Gasteiger partial charge in [0.05, 0.1) is 16.7 Å². The fourth-order valence-electron chi connectivity index (χ4n) is 3.62. The van der Waals surface area contributed by atoms with Gasteiger partial charge >= 0.3 is 0 Å². The number of fused-ring (bicyclic) bond motifs is 1. The number of nitrogens with one attached hydrogen (secondary N) is 1. The fraction of sp³-hybridized carbons (Fsp3) is 0.364. The van der Waals surface area contributed by atoms with Gasteiger partial charge in [0.2, 0.25) is 0 Å². The standard InChI is InChI=1S/C22H24ClN5O/c1-5-13(22(2,3)4)9-15-11-17(18-7-6-8-29-18)26-21(25-15)19-16-10-14(23)12-24-20(16)28-27-19/h6-8,10-13H,5,9H2,1-4H3,(H,24,27,28)/t13-/m0/s1. The maximum Gasteiger partial charge on any atom is 0.181 e. The molecule has 1 atom stereocenters. The van der Waals surface area contributed by atoms with Crippen molar-refractivity contribution in [3.63, 3.8) is 0 Å². The first-order valence-corrected chi connectivity index (χ1v) is 10.1. The molecule has 4 rings (SSSR count). The zero-order valence-corrected chi connectivity index (χ0v) is 17.8. The maximum absolute atomic E-state index is 6.16. The van der Waals surface area contributed by atoms with Crippen molar-refractivity contribution in [3.05, 3.63) is 47.4 Å². The average Bonchev–Trinajstić information content (AvgIpc) is 3.34. The van der Waals surface area contributed by atoms with Gasteiger partial charge in [-0.25, -0.2) is 15.0 Å². The Balaban J connectivity index is 1.85. The zero-order valence-electron chi connectivity index (χ0n) is 17.0. The van der Waals surface area contributed by atoms with Crippen molar-refractivity contribution in [1.82, 2.24) is 25.1 Å². The van der Waals surface area contributed by atoms with E-state index in [1.807, 2.05) is 24.3 Å². The predicted molar refractivity (Wildman–Crippen MR) is 115 cm³/mol. The van der Waals surface area contributed by atoms with Gasteiger partial charge in [-0.2, -0.15) is 5.10 Å². The lowest BCUT2D eigenvalue weighted by atomic mass is 9.76. The van der Waals surface area contributed by atoms with Gasteiger partial charge in [-0.15, -0.1) is 0 Å². The average molecular weight is 410 g/mol. The van der Waals surface area contributed by atoms with Gasteiger partial charge in [0, 0.05) is 11.9 Å². The van der Waals surface area contributed by atoms with E-state index in [9.17, 15) is 0 Å². The second-order valence-electron chi connectivity index (χ2n) is 8.34. The summed E-state index contributed by atoms with van der Waals surface area (Å²) in [5, 5.41) is 8.64. The molecule has 150 valence electrons. The van der Waals surface area contributed by atoms with Crippen LogP contribution in [-0.4, -0.2) is 25.1 Å². The lowest BCUT2D eigenvalue weighted by molar-refractivity contribution is 0.230. The maximum atomic E-state index is 6.16. The van der Waals surface area contributed by atoms with Crippen LogP contribution in [0.2, 0.25) is 5.02 Å². The molecule has 0 aliphatic carbocycles. The Labute approximate surface area is 174 Å². The highest BCUT2D eigenvalue weighted by Crippen LogP contribution is 2.33. The summed E-state index contributed by atoms with van der Waals surface area (Å²) in [6.07, 6.45) is 5.16. The summed E-state index contributed by atoms with van der Waals surface area (Å²) in [4.78, 5) is 13.9. The van der Waals surface area contributed by atoms with Crippen LogP contribution in [0.5, 0.6) is 0 Å². The number of rotatable bonds is 5. The van der Waals surface area contributed by atoms with E-state index in [-0.39, 0.29) is 5.41 Å². The number of hydrogen-bond donors (Lipinski definition) is 1. The van der Waals surface area contributed by atoms with Gasteiger partial charge in [0.15, 0.2) is 17.2 Å². The Morgan fingerprint density at radius 3 is 2.72 bits per heavy atom. The van der Waals surface area contributed by atoms with E-state index < -0.39 is 0 Å². The number of furan rings is 1. The molecule has 0 unspecified atom stereocenters. The molecule has 0 saturated carbocycles. The Morgan fingerprint density at radius 1 is 1.21 bits per heavy atom. The van der Waals surface area contributed by atoms with E-state index in [1.54, 1.807) is 12.5 Å². The number of H-pyrrole nitrogens is 1. The second kappa shape index (κ2) is 7.59. The lowest BCUT2D eigenvalue weighted by Crippen LogP contribution is -2.22. The van der Waals surface area contributed by atoms with Crippen molar-refractivity contribution < 1.29 is 4.42 Å². The van der Waals surface area contributed by atoms with Crippen LogP contribution in [0, 0.1) is 11.3 Å². The van der Waals surface area contributed by atoms with Crippen LogP contribution >= 0.6 is 11.6 Å². The van der Waals surface area contributed by atoms with Crippen LogP contribution in [0.3, 0.4) is 0 Å². The van der Waals surface area contributed by atoms with Crippen LogP contribution in [0.1, 0.15) is 39.8 Å². The number of aromatic nitrogens is 5. The third-order valence-corrected chi connectivity index (χ3v) is 5.53. The van der Waals surface area contributed by atoms with Gasteiger partial charge in [0.1, 0.15) is 11.4 Å². The molecule has 7 heteroatoms. The first-order valence-electron chi connectivity index (χ1n) is 9.77. The van der Waals surface area contributed by atoms with Gasteiger partial charge in [-0.1, -0.05) is 45.7 Å². The number of halogens is 1. The molecule has 0 amide bonds.